The summed E-state index contributed by atoms with van der Waals surface area (Å²) < 4.78 is 13.3. The number of piperidine rings is 1. The summed E-state index contributed by atoms with van der Waals surface area (Å²) in [6.07, 6.45) is 10.5. The number of aliphatic hydroxyl groups is 1. The van der Waals surface area contributed by atoms with Crippen LogP contribution in [0.2, 0.25) is 0 Å². The minimum atomic E-state index is -0.933. The summed E-state index contributed by atoms with van der Waals surface area (Å²) in [7, 11) is 0. The zero-order valence-electron chi connectivity index (χ0n) is 16.4. The van der Waals surface area contributed by atoms with Crippen molar-refractivity contribution in [1.29, 1.82) is 0 Å². The summed E-state index contributed by atoms with van der Waals surface area (Å²) in [6, 6.07) is 6.56. The SMILES string of the molecule is O=C(N1C2CCC1CC(O)(c1ccc(F)cc1)C2)C12CC3CC(CC(C3)C1)C2. The Morgan fingerprint density at radius 2 is 1.39 bits per heavy atom. The smallest absolute Gasteiger partial charge is 0.229 e. The molecule has 4 saturated carbocycles. The molecule has 2 aliphatic heterocycles. The van der Waals surface area contributed by atoms with E-state index in [0.29, 0.717) is 18.7 Å². The average molecular weight is 384 g/mol. The van der Waals surface area contributed by atoms with Crippen molar-refractivity contribution in [3.05, 3.63) is 35.6 Å². The number of amides is 1. The van der Waals surface area contributed by atoms with Gasteiger partial charge in [0, 0.05) is 24.9 Å². The summed E-state index contributed by atoms with van der Waals surface area (Å²) in [5.41, 5.74) is -0.230. The van der Waals surface area contributed by atoms with E-state index in [0.717, 1.165) is 55.4 Å². The Morgan fingerprint density at radius 1 is 0.893 bits per heavy atom. The van der Waals surface area contributed by atoms with E-state index in [-0.39, 0.29) is 23.3 Å². The number of hydrogen-bond donors (Lipinski definition) is 1. The highest BCUT2D eigenvalue weighted by molar-refractivity contribution is 5.84. The molecule has 4 aliphatic carbocycles. The lowest BCUT2D eigenvalue weighted by molar-refractivity contribution is -0.167. The number of nitrogens with zero attached hydrogens (tertiary/aromatic N) is 1. The average Bonchev–Trinajstić information content (AvgIpc) is 2.92. The van der Waals surface area contributed by atoms with Gasteiger partial charge in [0.2, 0.25) is 5.91 Å². The van der Waals surface area contributed by atoms with Crippen molar-refractivity contribution >= 4 is 5.91 Å². The number of halogens is 1. The molecule has 0 radical (unpaired) electrons. The molecular formula is C24H30FNO2. The molecule has 6 fully saturated rings. The summed E-state index contributed by atoms with van der Waals surface area (Å²) in [5, 5.41) is 11.4. The summed E-state index contributed by atoms with van der Waals surface area (Å²) in [5.74, 6) is 2.46. The second-order valence-corrected chi connectivity index (χ2v) is 10.7. The molecule has 4 heteroatoms. The van der Waals surface area contributed by atoms with Crippen LogP contribution in [0.15, 0.2) is 24.3 Å². The normalized spacial score (nSPS) is 46.2. The van der Waals surface area contributed by atoms with Crippen molar-refractivity contribution < 1.29 is 14.3 Å². The predicted molar refractivity (Wildman–Crippen MR) is 104 cm³/mol. The van der Waals surface area contributed by atoms with E-state index in [9.17, 15) is 14.3 Å². The maximum atomic E-state index is 13.9. The maximum Gasteiger partial charge on any atom is 0.229 e. The van der Waals surface area contributed by atoms with Crippen LogP contribution < -0.4 is 0 Å². The Morgan fingerprint density at radius 3 is 1.89 bits per heavy atom. The van der Waals surface area contributed by atoms with Crippen LogP contribution in [0.25, 0.3) is 0 Å². The standard InChI is InChI=1S/C24H30FNO2/c25-19-3-1-18(2-4-19)24(28)13-20-5-6-21(14-24)26(20)22(27)23-10-15-7-16(11-23)9-17(8-15)12-23/h1-4,15-17,20-21,28H,5-14H2. The molecule has 1 N–H and O–H groups in total. The number of carbonyl (C=O) groups excluding carboxylic acids is 1. The third-order valence-electron chi connectivity index (χ3n) is 8.87. The molecule has 6 bridgehead atoms. The molecule has 2 saturated heterocycles. The quantitative estimate of drug-likeness (QED) is 0.823. The molecule has 7 rings (SSSR count). The molecule has 3 nitrogen and oxygen atoms in total. The van der Waals surface area contributed by atoms with Crippen LogP contribution in [-0.4, -0.2) is 28.0 Å². The molecule has 1 aromatic rings. The van der Waals surface area contributed by atoms with Gasteiger partial charge in [-0.2, -0.15) is 0 Å². The molecule has 1 amide bonds. The van der Waals surface area contributed by atoms with Gasteiger partial charge >= 0.3 is 0 Å². The number of benzene rings is 1. The zero-order chi connectivity index (χ0) is 19.1. The Labute approximate surface area is 166 Å². The second kappa shape index (κ2) is 5.81. The first kappa shape index (κ1) is 17.4. The van der Waals surface area contributed by atoms with Crippen molar-refractivity contribution in [2.75, 3.05) is 0 Å². The maximum absolute atomic E-state index is 13.9. The highest BCUT2D eigenvalue weighted by Gasteiger charge is 2.59. The molecule has 1 aromatic carbocycles. The number of rotatable bonds is 2. The van der Waals surface area contributed by atoms with Crippen LogP contribution in [0.5, 0.6) is 0 Å². The van der Waals surface area contributed by atoms with Crippen molar-refractivity contribution in [3.8, 4) is 0 Å². The van der Waals surface area contributed by atoms with Crippen LogP contribution in [0.1, 0.15) is 69.8 Å². The van der Waals surface area contributed by atoms with Gasteiger partial charge in [0.25, 0.3) is 0 Å². The summed E-state index contributed by atoms with van der Waals surface area (Å²) in [4.78, 5) is 16.1. The monoisotopic (exact) mass is 383 g/mol. The van der Waals surface area contributed by atoms with Gasteiger partial charge in [-0.3, -0.25) is 4.79 Å². The third kappa shape index (κ3) is 2.46. The van der Waals surface area contributed by atoms with Crippen LogP contribution in [0.4, 0.5) is 4.39 Å². The Balaban J connectivity index is 1.27. The lowest BCUT2D eigenvalue weighted by Gasteiger charge is -2.58. The van der Waals surface area contributed by atoms with Gasteiger partial charge in [-0.05, 0) is 86.8 Å². The first-order valence-electron chi connectivity index (χ1n) is 11.3. The van der Waals surface area contributed by atoms with E-state index >= 15 is 0 Å². The van der Waals surface area contributed by atoms with Crippen LogP contribution in [0.3, 0.4) is 0 Å². The molecule has 6 aliphatic rings. The van der Waals surface area contributed by atoms with Crippen LogP contribution in [0, 0.1) is 29.0 Å². The fourth-order valence-corrected chi connectivity index (χ4v) is 8.20. The third-order valence-corrected chi connectivity index (χ3v) is 8.87. The molecule has 0 spiro atoms. The van der Waals surface area contributed by atoms with Gasteiger partial charge in [-0.25, -0.2) is 4.39 Å². The van der Waals surface area contributed by atoms with Gasteiger partial charge in [-0.1, -0.05) is 12.1 Å². The van der Waals surface area contributed by atoms with Gasteiger partial charge < -0.3 is 10.0 Å². The fraction of sp³-hybridized carbons (Fsp3) is 0.708. The molecule has 28 heavy (non-hydrogen) atoms. The van der Waals surface area contributed by atoms with Crippen molar-refractivity contribution in [1.82, 2.24) is 4.90 Å². The minimum absolute atomic E-state index is 0.0963. The van der Waals surface area contributed by atoms with Crippen molar-refractivity contribution in [2.45, 2.75) is 81.9 Å². The lowest BCUT2D eigenvalue weighted by Crippen LogP contribution is -2.60. The van der Waals surface area contributed by atoms with Gasteiger partial charge in [-0.15, -0.1) is 0 Å². The van der Waals surface area contributed by atoms with E-state index in [4.69, 9.17) is 0 Å². The number of fused-ring (bicyclic) bond motifs is 2. The van der Waals surface area contributed by atoms with Crippen LogP contribution in [-0.2, 0) is 10.4 Å². The molecule has 150 valence electrons. The fourth-order valence-electron chi connectivity index (χ4n) is 8.20. The first-order chi connectivity index (χ1) is 13.4. The van der Waals surface area contributed by atoms with E-state index < -0.39 is 5.60 Å². The molecule has 2 heterocycles. The number of carbonyl (C=O) groups is 1. The second-order valence-electron chi connectivity index (χ2n) is 10.7. The Hall–Kier alpha value is -1.42. The topological polar surface area (TPSA) is 40.5 Å². The van der Waals surface area contributed by atoms with E-state index in [1.165, 1.54) is 31.4 Å². The Bertz CT molecular complexity index is 754. The molecule has 0 aromatic heterocycles. The first-order valence-corrected chi connectivity index (χ1v) is 11.3. The molecule has 2 atom stereocenters. The highest BCUT2D eigenvalue weighted by Crippen LogP contribution is 2.61. The van der Waals surface area contributed by atoms with Gasteiger partial charge in [0.05, 0.1) is 11.0 Å². The Kier molecular flexibility index (Phi) is 3.62. The van der Waals surface area contributed by atoms with Gasteiger partial charge in [0.15, 0.2) is 0 Å². The largest absolute Gasteiger partial charge is 0.385 e. The lowest BCUT2D eigenvalue weighted by atomic mass is 9.49. The summed E-state index contributed by atoms with van der Waals surface area (Å²) >= 11 is 0. The molecule has 2 unspecified atom stereocenters. The van der Waals surface area contributed by atoms with Crippen molar-refractivity contribution in [2.24, 2.45) is 23.2 Å². The van der Waals surface area contributed by atoms with E-state index in [2.05, 4.69) is 4.90 Å². The van der Waals surface area contributed by atoms with Gasteiger partial charge in [0.1, 0.15) is 5.82 Å². The predicted octanol–water partition coefficient (Wildman–Crippen LogP) is 4.38. The highest BCUT2D eigenvalue weighted by atomic mass is 19.1. The van der Waals surface area contributed by atoms with E-state index in [1.807, 2.05) is 0 Å². The van der Waals surface area contributed by atoms with Crippen LogP contribution >= 0.6 is 0 Å². The number of hydrogen-bond acceptors (Lipinski definition) is 2. The zero-order valence-corrected chi connectivity index (χ0v) is 16.4. The summed E-state index contributed by atoms with van der Waals surface area (Å²) in [6.45, 7) is 0. The minimum Gasteiger partial charge on any atom is -0.385 e. The van der Waals surface area contributed by atoms with E-state index in [1.54, 1.807) is 12.1 Å². The van der Waals surface area contributed by atoms with Crippen molar-refractivity contribution in [3.63, 3.8) is 0 Å². The molecular weight excluding hydrogens is 353 g/mol.